The van der Waals surface area contributed by atoms with Crippen molar-refractivity contribution in [3.05, 3.63) is 0 Å². The maximum Gasteiger partial charge on any atom is 0.0822 e. The molecule has 1 unspecified atom stereocenters. The third-order valence-corrected chi connectivity index (χ3v) is 0.335. The topological polar surface area (TPSA) is 32.3 Å². The summed E-state index contributed by atoms with van der Waals surface area (Å²) >= 11 is 0. The first-order valence-corrected chi connectivity index (χ1v) is 2.92. The summed E-state index contributed by atoms with van der Waals surface area (Å²) in [4.78, 5) is 7.79. The van der Waals surface area contributed by atoms with Crippen LogP contribution >= 0.6 is 8.96 Å². The third kappa shape index (κ3) is 26.8. The highest BCUT2D eigenvalue weighted by Gasteiger charge is 1.51. The lowest BCUT2D eigenvalue weighted by Gasteiger charge is -1.75. The highest BCUT2D eigenvalue weighted by Crippen LogP contribution is 1.83. The van der Waals surface area contributed by atoms with Gasteiger partial charge in [-0.25, -0.2) is 0 Å². The smallest absolute Gasteiger partial charge is 0.0822 e. The van der Waals surface area contributed by atoms with Crippen molar-refractivity contribution in [2.45, 2.75) is 13.8 Å². The lowest BCUT2D eigenvalue weighted by atomic mass is 11.0. The van der Waals surface area contributed by atoms with E-state index in [9.17, 15) is 0 Å². The Kier molecular flexibility index (Phi) is 29.3. The van der Waals surface area contributed by atoms with Gasteiger partial charge in [0.2, 0.25) is 0 Å². The molecule has 0 aliphatic heterocycles. The van der Waals surface area contributed by atoms with E-state index in [-0.39, 0.29) is 8.96 Å². The normalized spacial score (nSPS) is 8.00. The lowest BCUT2D eigenvalue weighted by Crippen LogP contribution is -1.82. The summed E-state index contributed by atoms with van der Waals surface area (Å²) in [5.41, 5.74) is 0. The molecule has 0 heterocycles. The van der Waals surface area contributed by atoms with Crippen molar-refractivity contribution in [2.24, 2.45) is 0 Å². The van der Waals surface area contributed by atoms with Crippen molar-refractivity contribution >= 4 is 8.96 Å². The molecule has 0 aromatic heterocycles. The molecule has 6 heavy (non-hydrogen) atoms. The van der Waals surface area contributed by atoms with E-state index in [1.54, 1.807) is 7.05 Å². The Morgan fingerprint density at radius 3 is 1.67 bits per heavy atom. The maximum atomic E-state index is 7.79. The quantitative estimate of drug-likeness (QED) is 0.486. The number of hydrogen-bond donors (Lipinski definition) is 2. The lowest BCUT2D eigenvalue weighted by molar-refractivity contribution is 0.637. The van der Waals surface area contributed by atoms with Crippen LogP contribution in [0, 0.1) is 0 Å². The van der Waals surface area contributed by atoms with Gasteiger partial charge in [-0.1, -0.05) is 13.8 Å². The molecule has 2 nitrogen and oxygen atoms in total. The van der Waals surface area contributed by atoms with Gasteiger partial charge in [-0.15, -0.1) is 0 Å². The molecular weight excluding hydrogens is 97.0 g/mol. The zero-order valence-corrected chi connectivity index (χ0v) is 5.45. The molecular formula is C3H12NOP. The van der Waals surface area contributed by atoms with Crippen LogP contribution in [0.1, 0.15) is 13.8 Å². The molecule has 2 N–H and O–H groups in total. The molecule has 0 aromatic rings. The van der Waals surface area contributed by atoms with Gasteiger partial charge < -0.3 is 4.89 Å². The summed E-state index contributed by atoms with van der Waals surface area (Å²) in [6.07, 6.45) is 0. The van der Waals surface area contributed by atoms with Crippen LogP contribution in [0.4, 0.5) is 0 Å². The molecule has 0 rings (SSSR count). The summed E-state index contributed by atoms with van der Waals surface area (Å²) in [5.74, 6) is 0. The second-order valence-corrected chi connectivity index (χ2v) is 1.09. The van der Waals surface area contributed by atoms with Crippen molar-refractivity contribution in [1.82, 2.24) is 5.09 Å². The van der Waals surface area contributed by atoms with Gasteiger partial charge in [0.05, 0.1) is 8.96 Å². The average molecular weight is 109 g/mol. The molecule has 0 aromatic carbocycles. The molecule has 0 spiro atoms. The minimum absolute atomic E-state index is 0.110. The molecule has 0 aliphatic rings. The number of rotatable bonds is 1. The van der Waals surface area contributed by atoms with E-state index >= 15 is 0 Å². The van der Waals surface area contributed by atoms with Gasteiger partial charge in [-0.2, -0.15) is 0 Å². The largest absolute Gasteiger partial charge is 0.362 e. The monoisotopic (exact) mass is 109 g/mol. The first kappa shape index (κ1) is 9.61. The van der Waals surface area contributed by atoms with Crippen LogP contribution in [-0.4, -0.2) is 11.9 Å². The molecule has 0 radical (unpaired) electrons. The minimum Gasteiger partial charge on any atom is -0.362 e. The predicted octanol–water partition coefficient (Wildman–Crippen LogP) is 0.733. The van der Waals surface area contributed by atoms with Crippen molar-refractivity contribution in [3.63, 3.8) is 0 Å². The van der Waals surface area contributed by atoms with Crippen LogP contribution in [0.5, 0.6) is 0 Å². The maximum absolute atomic E-state index is 7.79. The number of hydrogen-bond acceptors (Lipinski definition) is 2. The standard InChI is InChI=1S/C2H6.CH6NOP/c1-2;1-2-4-3/h1-2H3;2-4H,1H3. The average Bonchev–Trinajstić information content (AvgIpc) is 1.72. The van der Waals surface area contributed by atoms with Gasteiger partial charge in [0.15, 0.2) is 0 Å². The van der Waals surface area contributed by atoms with E-state index in [0.717, 1.165) is 0 Å². The van der Waals surface area contributed by atoms with Crippen LogP contribution in [0.2, 0.25) is 0 Å². The molecule has 0 saturated carbocycles. The van der Waals surface area contributed by atoms with E-state index in [1.165, 1.54) is 0 Å². The van der Waals surface area contributed by atoms with E-state index in [4.69, 9.17) is 4.89 Å². The Morgan fingerprint density at radius 2 is 1.67 bits per heavy atom. The van der Waals surface area contributed by atoms with Crippen LogP contribution < -0.4 is 5.09 Å². The van der Waals surface area contributed by atoms with Crippen LogP contribution in [-0.2, 0) is 0 Å². The zero-order valence-electron chi connectivity index (χ0n) is 4.45. The molecule has 0 amide bonds. The van der Waals surface area contributed by atoms with Crippen molar-refractivity contribution in [3.8, 4) is 0 Å². The van der Waals surface area contributed by atoms with Crippen molar-refractivity contribution in [1.29, 1.82) is 0 Å². The summed E-state index contributed by atoms with van der Waals surface area (Å²) in [6, 6.07) is 0. The van der Waals surface area contributed by atoms with E-state index < -0.39 is 0 Å². The molecule has 0 saturated heterocycles. The second kappa shape index (κ2) is 18.3. The summed E-state index contributed by atoms with van der Waals surface area (Å²) in [7, 11) is 1.58. The van der Waals surface area contributed by atoms with Crippen LogP contribution in [0.15, 0.2) is 0 Å². The van der Waals surface area contributed by atoms with Crippen molar-refractivity contribution < 1.29 is 4.89 Å². The molecule has 0 aliphatic carbocycles. The Balaban J connectivity index is 0. The Morgan fingerprint density at radius 1 is 1.50 bits per heavy atom. The SMILES string of the molecule is CC.CNPO. The van der Waals surface area contributed by atoms with Gasteiger partial charge in [-0.05, 0) is 7.05 Å². The summed E-state index contributed by atoms with van der Waals surface area (Å²) in [5, 5.41) is 2.51. The first-order chi connectivity index (χ1) is 2.91. The molecule has 1 atom stereocenters. The van der Waals surface area contributed by atoms with E-state index in [1.807, 2.05) is 13.8 Å². The number of nitrogens with one attached hydrogen (secondary N) is 1. The van der Waals surface area contributed by atoms with Gasteiger partial charge in [0, 0.05) is 0 Å². The van der Waals surface area contributed by atoms with Gasteiger partial charge in [0.25, 0.3) is 0 Å². The fraction of sp³-hybridized carbons (Fsp3) is 1.00. The highest BCUT2D eigenvalue weighted by atomic mass is 31.1. The first-order valence-electron chi connectivity index (χ1n) is 1.97. The fourth-order valence-electron chi connectivity index (χ4n) is 0. The summed E-state index contributed by atoms with van der Waals surface area (Å²) in [6.45, 7) is 4.00. The van der Waals surface area contributed by atoms with Gasteiger partial charge in [0.1, 0.15) is 0 Å². The van der Waals surface area contributed by atoms with Crippen LogP contribution in [0.25, 0.3) is 0 Å². The van der Waals surface area contributed by atoms with Gasteiger partial charge in [-0.3, -0.25) is 5.09 Å². The van der Waals surface area contributed by atoms with E-state index in [0.29, 0.717) is 0 Å². The molecule has 0 fully saturated rings. The molecule has 40 valence electrons. The minimum atomic E-state index is -0.110. The Bertz CT molecular complexity index is 12.8. The van der Waals surface area contributed by atoms with Crippen molar-refractivity contribution in [2.75, 3.05) is 7.05 Å². The fourth-order valence-corrected chi connectivity index (χ4v) is 0. The molecule has 3 heteroatoms. The highest BCUT2D eigenvalue weighted by molar-refractivity contribution is 7.28. The zero-order chi connectivity index (χ0) is 5.41. The third-order valence-electron chi connectivity index (χ3n) is 0.112. The van der Waals surface area contributed by atoms with Gasteiger partial charge >= 0.3 is 0 Å². The predicted molar refractivity (Wildman–Crippen MR) is 30.9 cm³/mol. The second-order valence-electron chi connectivity index (χ2n) is 0.362. The Labute approximate surface area is 40.9 Å². The van der Waals surface area contributed by atoms with Crippen LogP contribution in [0.3, 0.4) is 0 Å². The Hall–Kier alpha value is 0.350. The molecule has 0 bridgehead atoms. The summed E-state index contributed by atoms with van der Waals surface area (Å²) < 4.78 is 0. The van der Waals surface area contributed by atoms with E-state index in [2.05, 4.69) is 5.09 Å².